The molecule has 1 aromatic heterocycles. The largest absolute Gasteiger partial charge is 0.370 e. The molecule has 0 radical (unpaired) electrons. The van der Waals surface area contributed by atoms with E-state index < -0.39 is 0 Å². The van der Waals surface area contributed by atoms with Gasteiger partial charge in [-0.25, -0.2) is 4.68 Å². The molecule has 24 heavy (non-hydrogen) atoms. The molecule has 0 aliphatic rings. The highest BCUT2D eigenvalue weighted by Crippen LogP contribution is 2.16. The van der Waals surface area contributed by atoms with Crippen molar-refractivity contribution in [3.05, 3.63) is 59.9 Å². The van der Waals surface area contributed by atoms with Crippen LogP contribution in [-0.4, -0.2) is 27.5 Å². The van der Waals surface area contributed by atoms with Crippen LogP contribution in [0.1, 0.15) is 17.7 Å². The van der Waals surface area contributed by atoms with Gasteiger partial charge in [0.15, 0.2) is 5.96 Å². The van der Waals surface area contributed by atoms with Crippen molar-refractivity contribution in [2.24, 2.45) is 16.5 Å². The average Bonchev–Trinajstić information content (AvgIpc) is 2.99. The second-order valence-corrected chi connectivity index (χ2v) is 5.50. The maximum absolute atomic E-state index is 5.30. The van der Waals surface area contributed by atoms with Crippen molar-refractivity contribution >= 4 is 29.1 Å². The lowest BCUT2D eigenvalue weighted by Gasteiger charge is -2.03. The third-order valence-electron chi connectivity index (χ3n) is 3.63. The first-order valence-corrected chi connectivity index (χ1v) is 7.63. The standard InChI is InChI=1S/C17H20N6.ClH/c18-17(19)20-9-3-6-16-12-23(22-21-16)11-13-7-8-14-4-1-2-5-15(14)10-13;/h1-2,4-5,7-8,10,12H,3,6,9,11H2,(H4,18,19,20);1H. The van der Waals surface area contributed by atoms with Gasteiger partial charge in [-0.05, 0) is 35.2 Å². The lowest BCUT2D eigenvalue weighted by Crippen LogP contribution is -2.23. The van der Waals surface area contributed by atoms with Crippen LogP contribution in [0.5, 0.6) is 0 Å². The van der Waals surface area contributed by atoms with E-state index in [0.717, 1.165) is 18.5 Å². The minimum Gasteiger partial charge on any atom is -0.370 e. The molecular formula is C17H21ClN6. The molecule has 0 saturated heterocycles. The van der Waals surface area contributed by atoms with Gasteiger partial charge in [0.2, 0.25) is 0 Å². The Kier molecular flexibility index (Phi) is 6.14. The van der Waals surface area contributed by atoms with Gasteiger partial charge in [-0.15, -0.1) is 17.5 Å². The van der Waals surface area contributed by atoms with E-state index in [1.807, 2.05) is 16.9 Å². The number of nitrogens with zero attached hydrogens (tertiary/aromatic N) is 4. The summed E-state index contributed by atoms with van der Waals surface area (Å²) in [5.74, 6) is 0.130. The Balaban J connectivity index is 0.00000208. The molecule has 0 aliphatic heterocycles. The highest BCUT2D eigenvalue weighted by atomic mass is 35.5. The maximum Gasteiger partial charge on any atom is 0.185 e. The zero-order valence-electron chi connectivity index (χ0n) is 13.3. The summed E-state index contributed by atoms with van der Waals surface area (Å²) >= 11 is 0. The molecule has 3 rings (SSSR count). The molecule has 2 aromatic carbocycles. The molecule has 0 fully saturated rings. The van der Waals surface area contributed by atoms with Crippen LogP contribution >= 0.6 is 12.4 Å². The quantitative estimate of drug-likeness (QED) is 0.406. The van der Waals surface area contributed by atoms with Crippen molar-refractivity contribution in [3.8, 4) is 0 Å². The van der Waals surface area contributed by atoms with Crippen molar-refractivity contribution in [2.75, 3.05) is 6.54 Å². The smallest absolute Gasteiger partial charge is 0.185 e. The summed E-state index contributed by atoms with van der Waals surface area (Å²) < 4.78 is 1.86. The third-order valence-corrected chi connectivity index (χ3v) is 3.63. The van der Waals surface area contributed by atoms with Crippen molar-refractivity contribution < 1.29 is 0 Å². The van der Waals surface area contributed by atoms with Gasteiger partial charge in [-0.3, -0.25) is 4.99 Å². The number of fused-ring (bicyclic) bond motifs is 1. The molecule has 0 unspecified atom stereocenters. The molecule has 0 atom stereocenters. The first-order chi connectivity index (χ1) is 11.2. The number of hydrogen-bond acceptors (Lipinski definition) is 3. The molecule has 6 nitrogen and oxygen atoms in total. The molecule has 0 amide bonds. The van der Waals surface area contributed by atoms with Gasteiger partial charge < -0.3 is 11.5 Å². The second kappa shape index (κ2) is 8.31. The molecule has 0 saturated carbocycles. The molecular weight excluding hydrogens is 324 g/mol. The molecule has 0 aliphatic carbocycles. The summed E-state index contributed by atoms with van der Waals surface area (Å²) in [6.07, 6.45) is 3.64. The maximum atomic E-state index is 5.30. The van der Waals surface area contributed by atoms with Gasteiger partial charge in [0.05, 0.1) is 12.2 Å². The van der Waals surface area contributed by atoms with Crippen LogP contribution in [0.25, 0.3) is 10.8 Å². The molecule has 0 bridgehead atoms. The number of guanidine groups is 1. The normalized spacial score (nSPS) is 10.3. The highest BCUT2D eigenvalue weighted by molar-refractivity contribution is 5.85. The van der Waals surface area contributed by atoms with E-state index in [2.05, 4.69) is 51.7 Å². The predicted molar refractivity (Wildman–Crippen MR) is 99.3 cm³/mol. The Morgan fingerprint density at radius 3 is 2.67 bits per heavy atom. The molecule has 7 heteroatoms. The minimum absolute atomic E-state index is 0. The van der Waals surface area contributed by atoms with Crippen LogP contribution in [0.15, 0.2) is 53.7 Å². The van der Waals surface area contributed by atoms with Crippen molar-refractivity contribution in [3.63, 3.8) is 0 Å². The van der Waals surface area contributed by atoms with Crippen molar-refractivity contribution in [2.45, 2.75) is 19.4 Å². The van der Waals surface area contributed by atoms with Gasteiger partial charge in [-0.1, -0.05) is 41.6 Å². The van der Waals surface area contributed by atoms with Gasteiger partial charge in [0, 0.05) is 12.7 Å². The fraction of sp³-hybridized carbons (Fsp3) is 0.235. The molecule has 4 N–H and O–H groups in total. The van der Waals surface area contributed by atoms with E-state index >= 15 is 0 Å². The second-order valence-electron chi connectivity index (χ2n) is 5.50. The number of benzene rings is 2. The summed E-state index contributed by atoms with van der Waals surface area (Å²) in [6, 6.07) is 14.8. The van der Waals surface area contributed by atoms with Crippen molar-refractivity contribution in [1.29, 1.82) is 0 Å². The fourth-order valence-corrected chi connectivity index (χ4v) is 2.52. The van der Waals surface area contributed by atoms with Crippen LogP contribution in [0.2, 0.25) is 0 Å². The zero-order chi connectivity index (χ0) is 16.1. The summed E-state index contributed by atoms with van der Waals surface area (Å²) in [7, 11) is 0. The SMILES string of the molecule is Cl.NC(N)=NCCCc1cn(Cc2ccc3ccccc3c2)nn1. The number of aryl methyl sites for hydroxylation is 1. The van der Waals surface area contributed by atoms with E-state index in [9.17, 15) is 0 Å². The molecule has 126 valence electrons. The zero-order valence-corrected chi connectivity index (χ0v) is 14.1. The highest BCUT2D eigenvalue weighted by Gasteiger charge is 2.03. The number of halogens is 1. The van der Waals surface area contributed by atoms with Gasteiger partial charge in [0.25, 0.3) is 0 Å². The van der Waals surface area contributed by atoms with Crippen molar-refractivity contribution in [1.82, 2.24) is 15.0 Å². The fourth-order valence-electron chi connectivity index (χ4n) is 2.52. The number of aliphatic imine (C=N–C) groups is 1. The predicted octanol–water partition coefficient (Wildman–Crippen LogP) is 2.11. The van der Waals surface area contributed by atoms with Gasteiger partial charge in [-0.2, -0.15) is 0 Å². The lowest BCUT2D eigenvalue weighted by atomic mass is 10.1. The van der Waals surface area contributed by atoms with Crippen LogP contribution in [0, 0.1) is 0 Å². The Morgan fingerprint density at radius 2 is 1.88 bits per heavy atom. The topological polar surface area (TPSA) is 95.1 Å². The Hall–Kier alpha value is -2.60. The summed E-state index contributed by atoms with van der Waals surface area (Å²) in [5.41, 5.74) is 12.8. The van der Waals surface area contributed by atoms with E-state index in [-0.39, 0.29) is 18.4 Å². The summed E-state index contributed by atoms with van der Waals surface area (Å²) in [6.45, 7) is 1.33. The van der Waals surface area contributed by atoms with E-state index in [1.54, 1.807) is 0 Å². The van der Waals surface area contributed by atoms with E-state index in [4.69, 9.17) is 11.5 Å². The van der Waals surface area contributed by atoms with Crippen LogP contribution in [0.4, 0.5) is 0 Å². The van der Waals surface area contributed by atoms with E-state index in [1.165, 1.54) is 16.3 Å². The van der Waals surface area contributed by atoms with Gasteiger partial charge in [0.1, 0.15) is 0 Å². The lowest BCUT2D eigenvalue weighted by molar-refractivity contribution is 0.649. The molecule has 0 spiro atoms. The van der Waals surface area contributed by atoms with Gasteiger partial charge >= 0.3 is 0 Å². The molecule has 3 aromatic rings. The average molecular weight is 345 g/mol. The first kappa shape index (κ1) is 17.7. The number of rotatable bonds is 6. The number of nitrogens with two attached hydrogens (primary N) is 2. The minimum atomic E-state index is 0. The molecule has 1 heterocycles. The first-order valence-electron chi connectivity index (χ1n) is 7.63. The Morgan fingerprint density at radius 1 is 1.08 bits per heavy atom. The van der Waals surface area contributed by atoms with Crippen LogP contribution in [0.3, 0.4) is 0 Å². The Labute approximate surface area is 147 Å². The summed E-state index contributed by atoms with van der Waals surface area (Å²) in [4.78, 5) is 3.96. The summed E-state index contributed by atoms with van der Waals surface area (Å²) in [5, 5.41) is 10.9. The number of aromatic nitrogens is 3. The third kappa shape index (κ3) is 4.70. The van der Waals surface area contributed by atoms with Crippen LogP contribution in [-0.2, 0) is 13.0 Å². The van der Waals surface area contributed by atoms with Crippen LogP contribution < -0.4 is 11.5 Å². The number of hydrogen-bond donors (Lipinski definition) is 2. The monoisotopic (exact) mass is 344 g/mol. The van der Waals surface area contributed by atoms with E-state index in [0.29, 0.717) is 13.1 Å². The Bertz CT molecular complexity index is 823.